The molecule has 4 nitrogen and oxygen atoms in total. The van der Waals surface area contributed by atoms with Crippen molar-refractivity contribution in [3.8, 4) is 11.3 Å². The first-order chi connectivity index (χ1) is 12.8. The number of nitrogens with zero attached hydrogens (tertiary/aromatic N) is 1. The van der Waals surface area contributed by atoms with Gasteiger partial charge in [0.25, 0.3) is 0 Å². The van der Waals surface area contributed by atoms with E-state index in [1.807, 2.05) is 42.5 Å². The number of unbranched alkanes of at least 4 members (excludes halogenated alkanes) is 1. The average molecular weight is 344 g/mol. The van der Waals surface area contributed by atoms with E-state index >= 15 is 0 Å². The molecule has 131 valence electrons. The van der Waals surface area contributed by atoms with Crippen LogP contribution in [0.3, 0.4) is 0 Å². The van der Waals surface area contributed by atoms with Crippen LogP contribution in [0.5, 0.6) is 0 Å². The molecule has 1 radical (unpaired) electrons. The molecule has 0 saturated carbocycles. The second kappa shape index (κ2) is 9.04. The number of hydrogen-bond donors (Lipinski definition) is 2. The number of carbonyl (C=O) groups excluding carboxylic acids is 1. The predicted octanol–water partition coefficient (Wildman–Crippen LogP) is 3.81. The fraction of sp³-hybridized carbons (Fsp3) is 0.238. The third-order valence-electron chi connectivity index (χ3n) is 4.26. The second-order valence-corrected chi connectivity index (χ2v) is 6.34. The Morgan fingerprint density at radius 2 is 1.88 bits per heavy atom. The van der Waals surface area contributed by atoms with E-state index in [1.165, 1.54) is 18.3 Å². The summed E-state index contributed by atoms with van der Waals surface area (Å²) in [6.45, 7) is 2.19. The summed E-state index contributed by atoms with van der Waals surface area (Å²) in [7, 11) is 2.24. The standard InChI is InChI=1S/C21H23BN3O/c1-2-3-13-22-18-11-9-16(10-12-18)14-20(26)24-19-15-23-25-21(19)17-7-5-4-6-8-17/h4-12,15H,2-3,13-14H2,1H3,(H,23,25)(H,24,26). The molecule has 1 heterocycles. The molecule has 0 saturated heterocycles. The molecule has 0 bridgehead atoms. The Morgan fingerprint density at radius 3 is 2.62 bits per heavy atom. The van der Waals surface area contributed by atoms with Crippen molar-refractivity contribution in [2.75, 3.05) is 5.32 Å². The van der Waals surface area contributed by atoms with Crippen LogP contribution in [0.15, 0.2) is 60.8 Å². The van der Waals surface area contributed by atoms with Crippen molar-refractivity contribution in [3.05, 3.63) is 66.4 Å². The zero-order valence-corrected chi connectivity index (χ0v) is 15.0. The average Bonchev–Trinajstić information content (AvgIpc) is 3.12. The Morgan fingerprint density at radius 1 is 1.12 bits per heavy atom. The Bertz CT molecular complexity index is 828. The van der Waals surface area contributed by atoms with E-state index in [0.717, 1.165) is 23.1 Å². The van der Waals surface area contributed by atoms with Crippen LogP contribution in [0.2, 0.25) is 6.32 Å². The summed E-state index contributed by atoms with van der Waals surface area (Å²) in [5.41, 5.74) is 4.72. The predicted molar refractivity (Wildman–Crippen MR) is 108 cm³/mol. The fourth-order valence-electron chi connectivity index (χ4n) is 2.83. The lowest BCUT2D eigenvalue weighted by molar-refractivity contribution is -0.115. The molecule has 0 spiro atoms. The molecule has 3 aromatic rings. The number of nitrogens with one attached hydrogen (secondary N) is 2. The molecular formula is C21H23BN3O. The van der Waals surface area contributed by atoms with Gasteiger partial charge in [0.05, 0.1) is 24.0 Å². The van der Waals surface area contributed by atoms with Crippen LogP contribution in [0.4, 0.5) is 5.69 Å². The number of aromatic nitrogens is 2. The maximum atomic E-state index is 12.4. The Hall–Kier alpha value is -2.82. The van der Waals surface area contributed by atoms with Gasteiger partial charge in [0.1, 0.15) is 0 Å². The molecule has 0 atom stereocenters. The van der Waals surface area contributed by atoms with Crippen molar-refractivity contribution in [1.29, 1.82) is 0 Å². The third-order valence-corrected chi connectivity index (χ3v) is 4.26. The minimum Gasteiger partial charge on any atom is -0.323 e. The maximum Gasteiger partial charge on any atom is 0.228 e. The van der Waals surface area contributed by atoms with E-state index in [9.17, 15) is 4.79 Å². The molecule has 1 amide bonds. The van der Waals surface area contributed by atoms with Gasteiger partial charge in [-0.25, -0.2) is 0 Å². The van der Waals surface area contributed by atoms with Gasteiger partial charge in [-0.2, -0.15) is 5.10 Å². The van der Waals surface area contributed by atoms with Crippen LogP contribution in [-0.4, -0.2) is 23.4 Å². The molecule has 5 heteroatoms. The van der Waals surface area contributed by atoms with E-state index in [1.54, 1.807) is 6.20 Å². The highest BCUT2D eigenvalue weighted by molar-refractivity contribution is 6.53. The molecule has 0 unspecified atom stereocenters. The summed E-state index contributed by atoms with van der Waals surface area (Å²) in [5, 5.41) is 9.97. The summed E-state index contributed by atoms with van der Waals surface area (Å²) in [6, 6.07) is 18.0. The highest BCUT2D eigenvalue weighted by atomic mass is 16.1. The topological polar surface area (TPSA) is 57.8 Å². The van der Waals surface area contributed by atoms with Crippen LogP contribution < -0.4 is 10.8 Å². The first-order valence-electron chi connectivity index (χ1n) is 9.07. The molecule has 0 aliphatic heterocycles. The Kier molecular flexibility index (Phi) is 6.26. The van der Waals surface area contributed by atoms with Crippen LogP contribution in [0, 0.1) is 0 Å². The van der Waals surface area contributed by atoms with E-state index in [4.69, 9.17) is 0 Å². The van der Waals surface area contributed by atoms with Crippen LogP contribution in [0.1, 0.15) is 25.3 Å². The normalized spacial score (nSPS) is 10.5. The summed E-state index contributed by atoms with van der Waals surface area (Å²) < 4.78 is 0. The van der Waals surface area contributed by atoms with Crippen LogP contribution >= 0.6 is 0 Å². The highest BCUT2D eigenvalue weighted by Gasteiger charge is 2.11. The minimum atomic E-state index is -0.0497. The van der Waals surface area contributed by atoms with Crippen molar-refractivity contribution < 1.29 is 4.79 Å². The summed E-state index contributed by atoms with van der Waals surface area (Å²) in [5.74, 6) is -0.0497. The lowest BCUT2D eigenvalue weighted by Gasteiger charge is -2.07. The Labute approximate surface area is 155 Å². The fourth-order valence-corrected chi connectivity index (χ4v) is 2.83. The molecule has 0 aliphatic carbocycles. The lowest BCUT2D eigenvalue weighted by Crippen LogP contribution is -2.16. The number of H-pyrrole nitrogens is 1. The number of rotatable bonds is 8. The number of benzene rings is 2. The van der Waals surface area contributed by atoms with Crippen LogP contribution in [-0.2, 0) is 11.2 Å². The number of carbonyl (C=O) groups is 1. The lowest BCUT2D eigenvalue weighted by atomic mass is 9.66. The van der Waals surface area contributed by atoms with Gasteiger partial charge >= 0.3 is 0 Å². The van der Waals surface area contributed by atoms with Gasteiger partial charge < -0.3 is 5.32 Å². The summed E-state index contributed by atoms with van der Waals surface area (Å²) >= 11 is 0. The number of anilines is 1. The molecule has 0 fully saturated rings. The monoisotopic (exact) mass is 344 g/mol. The summed E-state index contributed by atoms with van der Waals surface area (Å²) in [4.78, 5) is 12.4. The third kappa shape index (κ3) is 4.85. The van der Waals surface area contributed by atoms with Crippen molar-refractivity contribution >= 4 is 24.3 Å². The molecular weight excluding hydrogens is 321 g/mol. The largest absolute Gasteiger partial charge is 0.323 e. The Balaban J connectivity index is 1.59. The van der Waals surface area contributed by atoms with Crippen molar-refractivity contribution in [2.45, 2.75) is 32.5 Å². The second-order valence-electron chi connectivity index (χ2n) is 6.34. The van der Waals surface area contributed by atoms with Gasteiger partial charge in [-0.15, -0.1) is 0 Å². The molecule has 3 rings (SSSR count). The number of aromatic amines is 1. The number of amides is 1. The quantitative estimate of drug-likeness (QED) is 0.482. The van der Waals surface area contributed by atoms with E-state index in [0.29, 0.717) is 12.1 Å². The van der Waals surface area contributed by atoms with Crippen molar-refractivity contribution in [3.63, 3.8) is 0 Å². The smallest absolute Gasteiger partial charge is 0.228 e. The van der Waals surface area contributed by atoms with Gasteiger partial charge in [-0.1, -0.05) is 86.1 Å². The molecule has 0 aliphatic rings. The highest BCUT2D eigenvalue weighted by Crippen LogP contribution is 2.24. The zero-order chi connectivity index (χ0) is 18.2. The van der Waals surface area contributed by atoms with Gasteiger partial charge in [0, 0.05) is 5.56 Å². The molecule has 1 aromatic heterocycles. The first-order valence-corrected chi connectivity index (χ1v) is 9.07. The zero-order valence-electron chi connectivity index (χ0n) is 15.0. The van der Waals surface area contributed by atoms with E-state index in [2.05, 4.69) is 41.9 Å². The van der Waals surface area contributed by atoms with E-state index in [-0.39, 0.29) is 5.91 Å². The van der Waals surface area contributed by atoms with Gasteiger partial charge in [-0.05, 0) is 5.56 Å². The maximum absolute atomic E-state index is 12.4. The molecule has 2 aromatic carbocycles. The van der Waals surface area contributed by atoms with Gasteiger partial charge in [0.2, 0.25) is 5.91 Å². The molecule has 2 N–H and O–H groups in total. The SMILES string of the molecule is CCCC[B]c1ccc(CC(=O)Nc2cn[nH]c2-c2ccccc2)cc1. The van der Waals surface area contributed by atoms with Gasteiger partial charge in [0.15, 0.2) is 7.28 Å². The first kappa shape index (κ1) is 18.0. The minimum absolute atomic E-state index is 0.0497. The van der Waals surface area contributed by atoms with Crippen LogP contribution in [0.25, 0.3) is 11.3 Å². The molecule has 26 heavy (non-hydrogen) atoms. The van der Waals surface area contributed by atoms with Crippen molar-refractivity contribution in [2.24, 2.45) is 0 Å². The number of hydrogen-bond acceptors (Lipinski definition) is 2. The van der Waals surface area contributed by atoms with Gasteiger partial charge in [-0.3, -0.25) is 9.89 Å². The van der Waals surface area contributed by atoms with E-state index < -0.39 is 0 Å². The van der Waals surface area contributed by atoms with Crippen molar-refractivity contribution in [1.82, 2.24) is 10.2 Å². The summed E-state index contributed by atoms with van der Waals surface area (Å²) in [6.07, 6.45) is 5.49.